The molecule has 20 heavy (non-hydrogen) atoms. The van der Waals surface area contributed by atoms with Crippen LogP contribution in [0.2, 0.25) is 5.02 Å². The second-order valence-electron chi connectivity index (χ2n) is 4.45. The van der Waals surface area contributed by atoms with Gasteiger partial charge in [0.15, 0.2) is 6.61 Å². The van der Waals surface area contributed by atoms with Gasteiger partial charge in [-0.2, -0.15) is 0 Å². The minimum absolute atomic E-state index is 0.0977. The average Bonchev–Trinajstić information content (AvgIpc) is 2.89. The van der Waals surface area contributed by atoms with Crippen molar-refractivity contribution in [3.05, 3.63) is 29.0 Å². The number of carbonyl (C=O) groups is 2. The number of nitrogens with zero attached hydrogens (tertiary/aromatic N) is 1. The summed E-state index contributed by atoms with van der Waals surface area (Å²) < 4.78 is 18.2. The van der Waals surface area contributed by atoms with E-state index in [0.717, 1.165) is 6.07 Å². The Bertz CT molecular complexity index is 537. The monoisotopic (exact) mass is 301 g/mol. The van der Waals surface area contributed by atoms with Crippen LogP contribution < -0.4 is 4.74 Å². The van der Waals surface area contributed by atoms with Gasteiger partial charge in [0.1, 0.15) is 17.6 Å². The molecule has 5 nitrogen and oxygen atoms in total. The molecule has 0 saturated carbocycles. The van der Waals surface area contributed by atoms with E-state index in [0.29, 0.717) is 19.4 Å². The molecular weight excluding hydrogens is 289 g/mol. The molecule has 1 saturated heterocycles. The molecule has 108 valence electrons. The van der Waals surface area contributed by atoms with Gasteiger partial charge in [0.2, 0.25) is 0 Å². The maximum absolute atomic E-state index is 13.0. The van der Waals surface area contributed by atoms with E-state index in [1.165, 1.54) is 17.0 Å². The minimum Gasteiger partial charge on any atom is -0.484 e. The van der Waals surface area contributed by atoms with E-state index < -0.39 is 23.7 Å². The van der Waals surface area contributed by atoms with Crippen molar-refractivity contribution < 1.29 is 23.8 Å². The first-order valence-electron chi connectivity index (χ1n) is 6.09. The fourth-order valence-electron chi connectivity index (χ4n) is 2.12. The molecule has 1 aromatic carbocycles. The molecule has 1 atom stereocenters. The van der Waals surface area contributed by atoms with E-state index in [-0.39, 0.29) is 17.4 Å². The molecule has 0 radical (unpaired) electrons. The van der Waals surface area contributed by atoms with Crippen molar-refractivity contribution in [1.29, 1.82) is 0 Å². The normalized spacial score (nSPS) is 18.1. The largest absolute Gasteiger partial charge is 0.484 e. The van der Waals surface area contributed by atoms with Gasteiger partial charge in [0.05, 0.1) is 5.02 Å². The lowest BCUT2D eigenvalue weighted by atomic mass is 10.2. The maximum Gasteiger partial charge on any atom is 0.326 e. The standard InChI is InChI=1S/C13H13ClFNO4/c14-9-6-8(3-4-10(9)15)20-7-12(17)16-5-1-2-11(16)13(18)19/h3-4,6,11H,1-2,5,7H2,(H,18,19)/t11-/m0/s1. The first-order valence-corrected chi connectivity index (χ1v) is 6.47. The molecule has 1 fully saturated rings. The molecule has 1 amide bonds. The molecule has 7 heteroatoms. The van der Waals surface area contributed by atoms with Gasteiger partial charge < -0.3 is 14.7 Å². The fraction of sp³-hybridized carbons (Fsp3) is 0.385. The van der Waals surface area contributed by atoms with Crippen LogP contribution in [0.25, 0.3) is 0 Å². The first-order chi connectivity index (χ1) is 9.49. The Morgan fingerprint density at radius 1 is 1.50 bits per heavy atom. The van der Waals surface area contributed by atoms with Gasteiger partial charge in [0.25, 0.3) is 5.91 Å². The van der Waals surface area contributed by atoms with Crippen LogP contribution in [-0.2, 0) is 9.59 Å². The predicted molar refractivity (Wildman–Crippen MR) is 69.3 cm³/mol. The zero-order valence-electron chi connectivity index (χ0n) is 10.5. The number of hydrogen-bond donors (Lipinski definition) is 1. The molecule has 0 unspecified atom stereocenters. The number of carboxylic acids is 1. The van der Waals surface area contributed by atoms with Crippen molar-refractivity contribution in [2.24, 2.45) is 0 Å². The van der Waals surface area contributed by atoms with Crippen LogP contribution in [0.3, 0.4) is 0 Å². The smallest absolute Gasteiger partial charge is 0.326 e. The first kappa shape index (κ1) is 14.6. The number of ether oxygens (including phenoxy) is 1. The van der Waals surface area contributed by atoms with Crippen molar-refractivity contribution in [3.63, 3.8) is 0 Å². The number of carboxylic acid groups (broad SMARTS) is 1. The molecule has 1 aliphatic rings. The number of benzene rings is 1. The van der Waals surface area contributed by atoms with E-state index >= 15 is 0 Å². The summed E-state index contributed by atoms with van der Waals surface area (Å²) in [5.74, 6) is -1.73. The fourth-order valence-corrected chi connectivity index (χ4v) is 2.29. The molecule has 0 bridgehead atoms. The lowest BCUT2D eigenvalue weighted by Gasteiger charge is -2.21. The van der Waals surface area contributed by atoms with Crippen LogP contribution in [0.5, 0.6) is 5.75 Å². The number of halogens is 2. The van der Waals surface area contributed by atoms with Gasteiger partial charge >= 0.3 is 5.97 Å². The summed E-state index contributed by atoms with van der Waals surface area (Å²) in [6, 6.07) is 2.97. The lowest BCUT2D eigenvalue weighted by Crippen LogP contribution is -2.42. The Morgan fingerprint density at radius 2 is 2.25 bits per heavy atom. The molecule has 1 aliphatic heterocycles. The third-order valence-electron chi connectivity index (χ3n) is 3.11. The Labute approximate surface area is 119 Å². The van der Waals surface area contributed by atoms with Gasteiger partial charge in [-0.1, -0.05) is 11.6 Å². The number of rotatable bonds is 4. The lowest BCUT2D eigenvalue weighted by molar-refractivity contribution is -0.148. The molecular formula is C13H13ClFNO4. The van der Waals surface area contributed by atoms with Crippen molar-refractivity contribution in [1.82, 2.24) is 4.90 Å². The molecule has 0 aliphatic carbocycles. The van der Waals surface area contributed by atoms with E-state index in [2.05, 4.69) is 0 Å². The minimum atomic E-state index is -1.01. The quantitative estimate of drug-likeness (QED) is 0.923. The van der Waals surface area contributed by atoms with Gasteiger partial charge in [-0.05, 0) is 25.0 Å². The highest BCUT2D eigenvalue weighted by Crippen LogP contribution is 2.22. The zero-order chi connectivity index (χ0) is 14.7. The Morgan fingerprint density at radius 3 is 2.90 bits per heavy atom. The van der Waals surface area contributed by atoms with E-state index in [4.69, 9.17) is 21.4 Å². The molecule has 1 aromatic rings. The van der Waals surface area contributed by atoms with Crippen molar-refractivity contribution in [3.8, 4) is 5.75 Å². The van der Waals surface area contributed by atoms with Crippen LogP contribution in [0.1, 0.15) is 12.8 Å². The van der Waals surface area contributed by atoms with E-state index in [9.17, 15) is 14.0 Å². The van der Waals surface area contributed by atoms with Crippen LogP contribution in [0, 0.1) is 5.82 Å². The molecule has 1 N–H and O–H groups in total. The third kappa shape index (κ3) is 3.19. The average molecular weight is 302 g/mol. The summed E-state index contributed by atoms with van der Waals surface area (Å²) >= 11 is 5.59. The summed E-state index contributed by atoms with van der Waals surface area (Å²) in [4.78, 5) is 24.2. The van der Waals surface area contributed by atoms with Gasteiger partial charge in [-0.3, -0.25) is 4.79 Å². The second kappa shape index (κ2) is 6.09. The second-order valence-corrected chi connectivity index (χ2v) is 4.86. The molecule has 0 aromatic heterocycles. The van der Waals surface area contributed by atoms with Crippen LogP contribution >= 0.6 is 11.6 Å². The maximum atomic E-state index is 13.0. The summed E-state index contributed by atoms with van der Waals surface area (Å²) in [5, 5.41) is 8.89. The summed E-state index contributed by atoms with van der Waals surface area (Å²) in [6.07, 6.45) is 1.11. The summed E-state index contributed by atoms with van der Waals surface area (Å²) in [6.45, 7) is 0.106. The highest BCUT2D eigenvalue weighted by molar-refractivity contribution is 6.30. The topological polar surface area (TPSA) is 66.8 Å². The SMILES string of the molecule is O=C(O)[C@@H]1CCCN1C(=O)COc1ccc(F)c(Cl)c1. The zero-order valence-corrected chi connectivity index (χ0v) is 11.3. The Hall–Kier alpha value is -1.82. The number of amides is 1. The van der Waals surface area contributed by atoms with E-state index in [1.807, 2.05) is 0 Å². The van der Waals surface area contributed by atoms with Crippen molar-refractivity contribution >= 4 is 23.5 Å². The number of hydrogen-bond acceptors (Lipinski definition) is 3. The number of carbonyl (C=O) groups excluding carboxylic acids is 1. The third-order valence-corrected chi connectivity index (χ3v) is 3.40. The van der Waals surface area contributed by atoms with Gasteiger partial charge in [0, 0.05) is 12.6 Å². The highest BCUT2D eigenvalue weighted by Gasteiger charge is 2.33. The summed E-state index contributed by atoms with van der Waals surface area (Å²) in [5.41, 5.74) is 0. The van der Waals surface area contributed by atoms with Gasteiger partial charge in [-0.15, -0.1) is 0 Å². The van der Waals surface area contributed by atoms with Crippen molar-refractivity contribution in [2.45, 2.75) is 18.9 Å². The number of aliphatic carboxylic acids is 1. The predicted octanol–water partition coefficient (Wildman–Crippen LogP) is 1.93. The molecule has 0 spiro atoms. The van der Waals surface area contributed by atoms with Crippen molar-refractivity contribution in [2.75, 3.05) is 13.2 Å². The van der Waals surface area contributed by atoms with Crippen LogP contribution in [-0.4, -0.2) is 41.1 Å². The Kier molecular flexibility index (Phi) is 4.44. The van der Waals surface area contributed by atoms with Crippen LogP contribution in [0.15, 0.2) is 18.2 Å². The van der Waals surface area contributed by atoms with Gasteiger partial charge in [-0.25, -0.2) is 9.18 Å². The summed E-state index contributed by atoms with van der Waals surface area (Å²) in [7, 11) is 0. The Balaban J connectivity index is 1.94. The number of likely N-dealkylation sites (tertiary alicyclic amines) is 1. The highest BCUT2D eigenvalue weighted by atomic mass is 35.5. The van der Waals surface area contributed by atoms with Crippen LogP contribution in [0.4, 0.5) is 4.39 Å². The molecule has 2 rings (SSSR count). The molecule has 1 heterocycles. The van der Waals surface area contributed by atoms with E-state index in [1.54, 1.807) is 0 Å².